The standard InChI is InChI=1S/C23H20ClF3N4O4/c24-20-16(18-9-28-13-34-18)2-1-3-17(20)21(32)30-6-7-31-12-22(33,35-11-15(31)10-30)19-5-4-14(8-29-19)23(25,26)27/h1-5,8-9,13,15,33H,6-7,10-12H2/t15-,22-/m0/s1. The van der Waals surface area contributed by atoms with Gasteiger partial charge in [0, 0.05) is 31.4 Å². The molecule has 2 fully saturated rings. The third kappa shape index (κ3) is 4.52. The van der Waals surface area contributed by atoms with Crippen LogP contribution in [0.5, 0.6) is 0 Å². The molecule has 2 aromatic heterocycles. The Morgan fingerprint density at radius 1 is 1.20 bits per heavy atom. The molecule has 0 spiro atoms. The van der Waals surface area contributed by atoms with Crippen LogP contribution < -0.4 is 0 Å². The molecule has 2 aliphatic rings. The summed E-state index contributed by atoms with van der Waals surface area (Å²) in [7, 11) is 0. The van der Waals surface area contributed by atoms with E-state index in [9.17, 15) is 23.1 Å². The van der Waals surface area contributed by atoms with Crippen molar-refractivity contribution in [2.75, 3.05) is 32.8 Å². The predicted molar refractivity (Wildman–Crippen MR) is 117 cm³/mol. The Hall–Kier alpha value is -2.99. The maximum absolute atomic E-state index is 13.3. The number of pyridine rings is 1. The van der Waals surface area contributed by atoms with Gasteiger partial charge in [-0.05, 0) is 24.3 Å². The number of amides is 1. The summed E-state index contributed by atoms with van der Waals surface area (Å²) >= 11 is 6.52. The molecule has 2 aliphatic heterocycles. The Morgan fingerprint density at radius 2 is 2.03 bits per heavy atom. The number of morpholine rings is 1. The Kier molecular flexibility index (Phi) is 6.04. The maximum atomic E-state index is 13.3. The summed E-state index contributed by atoms with van der Waals surface area (Å²) in [5, 5.41) is 11.2. The highest BCUT2D eigenvalue weighted by Gasteiger charge is 2.44. The second-order valence-electron chi connectivity index (χ2n) is 8.43. The van der Waals surface area contributed by atoms with Crippen LogP contribution >= 0.6 is 11.6 Å². The number of rotatable bonds is 3. The van der Waals surface area contributed by atoms with Crippen molar-refractivity contribution in [3.63, 3.8) is 0 Å². The first-order valence-electron chi connectivity index (χ1n) is 10.8. The van der Waals surface area contributed by atoms with E-state index in [1.165, 1.54) is 12.6 Å². The van der Waals surface area contributed by atoms with Crippen molar-refractivity contribution in [1.29, 1.82) is 0 Å². The number of oxazole rings is 1. The van der Waals surface area contributed by atoms with Crippen LogP contribution in [-0.4, -0.2) is 69.6 Å². The fraction of sp³-hybridized carbons (Fsp3) is 0.348. The van der Waals surface area contributed by atoms with Crippen LogP contribution in [0, 0.1) is 0 Å². The van der Waals surface area contributed by atoms with E-state index in [1.807, 2.05) is 4.90 Å². The van der Waals surface area contributed by atoms with E-state index in [1.54, 1.807) is 23.1 Å². The molecule has 0 saturated carbocycles. The highest BCUT2D eigenvalue weighted by Crippen LogP contribution is 2.34. The van der Waals surface area contributed by atoms with Gasteiger partial charge in [0.2, 0.25) is 5.79 Å². The van der Waals surface area contributed by atoms with Gasteiger partial charge < -0.3 is 19.2 Å². The lowest BCUT2D eigenvalue weighted by atomic mass is 10.0. The fourth-order valence-electron chi connectivity index (χ4n) is 4.35. The number of ether oxygens (including phenoxy) is 1. The average molecular weight is 509 g/mol. The number of carbonyl (C=O) groups excluding carboxylic acids is 1. The molecule has 0 radical (unpaired) electrons. The lowest BCUT2D eigenvalue weighted by molar-refractivity contribution is -0.267. The molecule has 0 bridgehead atoms. The van der Waals surface area contributed by atoms with E-state index in [0.717, 1.165) is 12.1 Å². The fourth-order valence-corrected chi connectivity index (χ4v) is 4.65. The summed E-state index contributed by atoms with van der Waals surface area (Å²) in [6.45, 7) is 1.21. The second kappa shape index (κ2) is 8.90. The first kappa shape index (κ1) is 23.7. The molecule has 2 saturated heterocycles. The molecule has 0 unspecified atom stereocenters. The zero-order chi connectivity index (χ0) is 24.8. The topological polar surface area (TPSA) is 91.9 Å². The van der Waals surface area contributed by atoms with E-state index in [-0.39, 0.29) is 35.8 Å². The highest BCUT2D eigenvalue weighted by atomic mass is 35.5. The average Bonchev–Trinajstić information content (AvgIpc) is 3.38. The minimum atomic E-state index is -4.52. The van der Waals surface area contributed by atoms with Crippen molar-refractivity contribution in [3.05, 3.63) is 71.0 Å². The van der Waals surface area contributed by atoms with E-state index >= 15 is 0 Å². The van der Waals surface area contributed by atoms with Crippen LogP contribution in [0.1, 0.15) is 21.6 Å². The van der Waals surface area contributed by atoms with Gasteiger partial charge in [-0.1, -0.05) is 17.7 Å². The van der Waals surface area contributed by atoms with Gasteiger partial charge in [-0.15, -0.1) is 0 Å². The second-order valence-corrected chi connectivity index (χ2v) is 8.81. The molecule has 5 rings (SSSR count). The van der Waals surface area contributed by atoms with Crippen molar-refractivity contribution >= 4 is 17.5 Å². The third-order valence-electron chi connectivity index (χ3n) is 6.24. The van der Waals surface area contributed by atoms with Crippen molar-refractivity contribution in [3.8, 4) is 11.3 Å². The SMILES string of the molecule is O=C(c1cccc(-c2cnco2)c1Cl)N1CCN2C[C@@](O)(c3ccc(C(F)(F)F)cn3)OC[C@@H]2C1. The lowest BCUT2D eigenvalue weighted by Gasteiger charge is -2.48. The van der Waals surface area contributed by atoms with Crippen molar-refractivity contribution in [1.82, 2.24) is 19.8 Å². The molecular formula is C23H20ClF3N4O4. The quantitative estimate of drug-likeness (QED) is 0.579. The molecule has 184 valence electrons. The molecule has 1 N–H and O–H groups in total. The summed E-state index contributed by atoms with van der Waals surface area (Å²) < 4.78 is 49.5. The summed E-state index contributed by atoms with van der Waals surface area (Å²) in [5.41, 5.74) is -0.0184. The molecule has 2 atom stereocenters. The molecule has 1 amide bonds. The van der Waals surface area contributed by atoms with Crippen LogP contribution in [-0.2, 0) is 16.7 Å². The molecule has 35 heavy (non-hydrogen) atoms. The van der Waals surface area contributed by atoms with Gasteiger partial charge in [-0.3, -0.25) is 14.7 Å². The van der Waals surface area contributed by atoms with E-state index in [2.05, 4.69) is 9.97 Å². The van der Waals surface area contributed by atoms with Crippen LogP contribution in [0.4, 0.5) is 13.2 Å². The molecule has 3 aromatic rings. The molecule has 4 heterocycles. The number of aliphatic hydroxyl groups is 1. The van der Waals surface area contributed by atoms with E-state index in [0.29, 0.717) is 42.7 Å². The lowest BCUT2D eigenvalue weighted by Crippen LogP contribution is -2.63. The smallest absolute Gasteiger partial charge is 0.417 e. The molecule has 1 aromatic carbocycles. The number of hydrogen-bond donors (Lipinski definition) is 1. The number of halogens is 4. The first-order valence-corrected chi connectivity index (χ1v) is 11.1. The highest BCUT2D eigenvalue weighted by molar-refractivity contribution is 6.36. The summed E-state index contributed by atoms with van der Waals surface area (Å²) in [6.07, 6.45) is -1.05. The maximum Gasteiger partial charge on any atom is 0.417 e. The summed E-state index contributed by atoms with van der Waals surface area (Å²) in [5.74, 6) is -1.64. The van der Waals surface area contributed by atoms with Crippen LogP contribution in [0.2, 0.25) is 5.02 Å². The number of benzene rings is 1. The third-order valence-corrected chi connectivity index (χ3v) is 6.65. The van der Waals surface area contributed by atoms with Gasteiger partial charge >= 0.3 is 6.18 Å². The number of fused-ring (bicyclic) bond motifs is 1. The van der Waals surface area contributed by atoms with Crippen molar-refractivity contribution in [2.24, 2.45) is 0 Å². The van der Waals surface area contributed by atoms with Gasteiger partial charge in [-0.2, -0.15) is 13.2 Å². The van der Waals surface area contributed by atoms with Crippen molar-refractivity contribution < 1.29 is 32.2 Å². The van der Waals surface area contributed by atoms with E-state index in [4.69, 9.17) is 20.8 Å². The Balaban J connectivity index is 1.28. The number of alkyl halides is 3. The van der Waals surface area contributed by atoms with Crippen molar-refractivity contribution in [2.45, 2.75) is 18.0 Å². The van der Waals surface area contributed by atoms with Crippen LogP contribution in [0.15, 0.2) is 53.5 Å². The van der Waals surface area contributed by atoms with Crippen LogP contribution in [0.25, 0.3) is 11.3 Å². The Morgan fingerprint density at radius 3 is 2.71 bits per heavy atom. The normalized spacial score (nSPS) is 23.2. The number of carbonyl (C=O) groups is 1. The molecular weight excluding hydrogens is 489 g/mol. The molecule has 0 aliphatic carbocycles. The zero-order valence-corrected chi connectivity index (χ0v) is 19.0. The molecule has 12 heteroatoms. The van der Waals surface area contributed by atoms with Gasteiger partial charge in [0.15, 0.2) is 12.2 Å². The van der Waals surface area contributed by atoms with E-state index < -0.39 is 17.5 Å². The number of nitrogens with zero attached hydrogens (tertiary/aromatic N) is 4. The zero-order valence-electron chi connectivity index (χ0n) is 18.2. The predicted octanol–water partition coefficient (Wildman–Crippen LogP) is 3.41. The first-order chi connectivity index (χ1) is 16.7. The monoisotopic (exact) mass is 508 g/mol. The minimum Gasteiger partial charge on any atom is -0.443 e. The van der Waals surface area contributed by atoms with Crippen LogP contribution in [0.3, 0.4) is 0 Å². The van der Waals surface area contributed by atoms with Gasteiger partial charge in [0.05, 0.1) is 41.5 Å². The van der Waals surface area contributed by atoms with Gasteiger partial charge in [0.25, 0.3) is 5.91 Å². The molecule has 8 nitrogen and oxygen atoms in total. The number of aromatic nitrogens is 2. The number of hydrogen-bond acceptors (Lipinski definition) is 7. The largest absolute Gasteiger partial charge is 0.443 e. The van der Waals surface area contributed by atoms with Gasteiger partial charge in [0.1, 0.15) is 5.69 Å². The summed E-state index contributed by atoms with van der Waals surface area (Å²) in [6, 6.07) is 6.87. The van der Waals surface area contributed by atoms with Gasteiger partial charge in [-0.25, -0.2) is 4.98 Å². The summed E-state index contributed by atoms with van der Waals surface area (Å²) in [4.78, 5) is 24.5. The Bertz CT molecular complexity index is 1220. The Labute approximate surface area is 202 Å². The number of piperazine rings is 1. The minimum absolute atomic E-state index is 0.00142.